The summed E-state index contributed by atoms with van der Waals surface area (Å²) >= 11 is 0. The number of benzene rings is 11. The van der Waals surface area contributed by atoms with Crippen LogP contribution in [0.2, 0.25) is 0 Å². The number of furan rings is 2. The topological polar surface area (TPSA) is 29.5 Å². The van der Waals surface area contributed by atoms with E-state index in [9.17, 15) is 0 Å². The van der Waals surface area contributed by atoms with E-state index in [1.54, 1.807) is 0 Å². The molecule has 13 rings (SSSR count). The largest absolute Gasteiger partial charge is 0.456 e. The van der Waals surface area contributed by atoms with Gasteiger partial charge >= 0.3 is 0 Å². The van der Waals surface area contributed by atoms with Crippen molar-refractivity contribution in [1.82, 2.24) is 0 Å². The first-order valence-electron chi connectivity index (χ1n) is 23.5. The minimum Gasteiger partial charge on any atom is -0.456 e. The Hall–Kier alpha value is -9.18. The van der Waals surface area contributed by atoms with E-state index in [0.29, 0.717) is 0 Å². The average molecular weight is 882 g/mol. The Morgan fingerprint density at radius 1 is 0.217 bits per heavy atom. The van der Waals surface area contributed by atoms with Gasteiger partial charge in [0, 0.05) is 49.7 Å². The number of hydrogen-bond donors (Lipinski definition) is 0. The number of para-hydroxylation sites is 2. The van der Waals surface area contributed by atoms with Gasteiger partial charge in [-0.05, 0) is 128 Å². The number of rotatable bonds is 9. The summed E-state index contributed by atoms with van der Waals surface area (Å²) in [5, 5.41) is 4.41. The molecule has 0 bridgehead atoms. The second-order valence-electron chi connectivity index (χ2n) is 17.6. The molecule has 0 spiro atoms. The van der Waals surface area contributed by atoms with E-state index in [2.05, 4.69) is 254 Å². The highest BCUT2D eigenvalue weighted by Crippen LogP contribution is 2.49. The van der Waals surface area contributed by atoms with E-state index in [0.717, 1.165) is 105 Å². The lowest BCUT2D eigenvalue weighted by molar-refractivity contribution is 0.668. The third kappa shape index (κ3) is 7.16. The molecule has 0 atom stereocenters. The number of nitrogens with zero attached hydrogens (tertiary/aromatic N) is 1. The standard InChI is InChI=1S/C66H43NO2/c1-4-14-44(15-5-1)47-28-34-52(35-29-47)67(53-36-30-48(31-37-53)45-16-6-2-7-17-45)54-38-32-49(33-39-54)46-24-26-51(27-25-46)64-56(41-43-62-66(64)58-21-11-13-23-60(58)69-62)55-40-42-61-65(57-20-10-12-22-59(57)68-61)63(55)50-18-8-3-9-19-50/h1-43H. The Morgan fingerprint density at radius 3 is 0.899 bits per heavy atom. The van der Waals surface area contributed by atoms with Gasteiger partial charge in [0.05, 0.1) is 0 Å². The van der Waals surface area contributed by atoms with Crippen LogP contribution in [0.15, 0.2) is 270 Å². The van der Waals surface area contributed by atoms with Crippen molar-refractivity contribution in [3.05, 3.63) is 261 Å². The van der Waals surface area contributed by atoms with E-state index >= 15 is 0 Å². The number of anilines is 3. The van der Waals surface area contributed by atoms with Gasteiger partial charge in [0.25, 0.3) is 0 Å². The Bertz CT molecular complexity index is 3860. The molecule has 0 saturated carbocycles. The molecule has 0 aliphatic heterocycles. The summed E-state index contributed by atoms with van der Waals surface area (Å²) in [5.74, 6) is 0. The SMILES string of the molecule is c1ccc(-c2ccc(N(c3ccc(-c4ccccc4)cc3)c3ccc(-c4ccc(-c5c(-c6ccc7oc8ccccc8c7c6-c6ccccc6)ccc6oc7ccccc7c56)cc4)cc3)cc2)cc1. The van der Waals surface area contributed by atoms with E-state index in [1.165, 1.54) is 22.3 Å². The first-order chi connectivity index (χ1) is 34.2. The first kappa shape index (κ1) is 40.1. The summed E-state index contributed by atoms with van der Waals surface area (Å²) < 4.78 is 13.0. The smallest absolute Gasteiger partial charge is 0.136 e. The molecule has 2 aromatic heterocycles. The molecule has 13 aromatic rings. The normalized spacial score (nSPS) is 11.5. The lowest BCUT2D eigenvalue weighted by Crippen LogP contribution is -2.09. The lowest BCUT2D eigenvalue weighted by Gasteiger charge is -2.26. The molecule has 0 amide bonds. The summed E-state index contributed by atoms with van der Waals surface area (Å²) in [4.78, 5) is 2.33. The Kier molecular flexibility index (Phi) is 9.84. The van der Waals surface area contributed by atoms with Crippen LogP contribution in [0.5, 0.6) is 0 Å². The molecule has 0 radical (unpaired) electrons. The Balaban J connectivity index is 0.909. The van der Waals surface area contributed by atoms with E-state index in [1.807, 2.05) is 12.1 Å². The molecular formula is C66H43NO2. The summed E-state index contributed by atoms with van der Waals surface area (Å²) in [5.41, 5.74) is 20.6. The van der Waals surface area contributed by atoms with Gasteiger partial charge in [-0.1, -0.05) is 188 Å². The first-order valence-corrected chi connectivity index (χ1v) is 23.5. The van der Waals surface area contributed by atoms with Crippen molar-refractivity contribution in [2.24, 2.45) is 0 Å². The van der Waals surface area contributed by atoms with Gasteiger partial charge in [-0.15, -0.1) is 0 Å². The summed E-state index contributed by atoms with van der Waals surface area (Å²) in [6.07, 6.45) is 0. The maximum atomic E-state index is 6.56. The van der Waals surface area contributed by atoms with Crippen molar-refractivity contribution in [1.29, 1.82) is 0 Å². The van der Waals surface area contributed by atoms with Gasteiger partial charge in [-0.25, -0.2) is 0 Å². The van der Waals surface area contributed by atoms with Crippen LogP contribution in [0.25, 0.3) is 111 Å². The van der Waals surface area contributed by atoms with E-state index < -0.39 is 0 Å². The minimum absolute atomic E-state index is 0.861. The van der Waals surface area contributed by atoms with Crippen LogP contribution in [0.3, 0.4) is 0 Å². The highest BCUT2D eigenvalue weighted by Gasteiger charge is 2.23. The van der Waals surface area contributed by atoms with Gasteiger partial charge < -0.3 is 13.7 Å². The summed E-state index contributed by atoms with van der Waals surface area (Å²) in [7, 11) is 0. The molecule has 0 aliphatic carbocycles. The van der Waals surface area contributed by atoms with Crippen LogP contribution in [0, 0.1) is 0 Å². The third-order valence-corrected chi connectivity index (χ3v) is 13.5. The van der Waals surface area contributed by atoms with Crippen molar-refractivity contribution in [2.45, 2.75) is 0 Å². The molecule has 0 aliphatic rings. The van der Waals surface area contributed by atoms with Crippen LogP contribution in [-0.2, 0) is 0 Å². The highest BCUT2D eigenvalue weighted by molar-refractivity contribution is 6.20. The van der Waals surface area contributed by atoms with Crippen molar-refractivity contribution < 1.29 is 8.83 Å². The van der Waals surface area contributed by atoms with E-state index in [-0.39, 0.29) is 0 Å². The molecule has 0 unspecified atom stereocenters. The number of fused-ring (bicyclic) bond motifs is 6. The molecule has 324 valence electrons. The average Bonchev–Trinajstić information content (AvgIpc) is 4.01. The van der Waals surface area contributed by atoms with Crippen molar-refractivity contribution in [2.75, 3.05) is 4.90 Å². The minimum atomic E-state index is 0.861. The molecule has 2 heterocycles. The molecule has 3 nitrogen and oxygen atoms in total. The zero-order valence-corrected chi connectivity index (χ0v) is 37.6. The monoisotopic (exact) mass is 881 g/mol. The molecule has 0 saturated heterocycles. The summed E-state index contributed by atoms with van der Waals surface area (Å²) in [6, 6.07) is 93.0. The Morgan fingerprint density at radius 2 is 0.507 bits per heavy atom. The maximum absolute atomic E-state index is 6.56. The molecule has 0 N–H and O–H groups in total. The van der Waals surface area contributed by atoms with Crippen LogP contribution >= 0.6 is 0 Å². The van der Waals surface area contributed by atoms with Gasteiger partial charge in [-0.3, -0.25) is 0 Å². The predicted molar refractivity (Wildman–Crippen MR) is 288 cm³/mol. The van der Waals surface area contributed by atoms with E-state index in [4.69, 9.17) is 8.83 Å². The highest BCUT2D eigenvalue weighted by atomic mass is 16.3. The third-order valence-electron chi connectivity index (χ3n) is 13.5. The Labute approximate surface area is 400 Å². The molecule has 11 aromatic carbocycles. The summed E-state index contributed by atoms with van der Waals surface area (Å²) in [6.45, 7) is 0. The molecular weight excluding hydrogens is 839 g/mol. The van der Waals surface area contributed by atoms with Gasteiger partial charge in [0.15, 0.2) is 0 Å². The fourth-order valence-electron chi connectivity index (χ4n) is 10.2. The molecule has 69 heavy (non-hydrogen) atoms. The van der Waals surface area contributed by atoms with Crippen LogP contribution in [0.1, 0.15) is 0 Å². The zero-order valence-electron chi connectivity index (χ0n) is 37.6. The lowest BCUT2D eigenvalue weighted by atomic mass is 9.85. The second-order valence-corrected chi connectivity index (χ2v) is 17.6. The van der Waals surface area contributed by atoms with Gasteiger partial charge in [0.2, 0.25) is 0 Å². The molecule has 3 heteroatoms. The fraction of sp³-hybridized carbons (Fsp3) is 0. The molecule has 0 fully saturated rings. The maximum Gasteiger partial charge on any atom is 0.136 e. The van der Waals surface area contributed by atoms with Crippen LogP contribution < -0.4 is 4.90 Å². The van der Waals surface area contributed by atoms with Gasteiger partial charge in [0.1, 0.15) is 22.3 Å². The van der Waals surface area contributed by atoms with Crippen molar-refractivity contribution in [3.8, 4) is 66.8 Å². The fourth-order valence-corrected chi connectivity index (χ4v) is 10.2. The zero-order chi connectivity index (χ0) is 45.7. The second kappa shape index (κ2) is 16.9. The number of hydrogen-bond acceptors (Lipinski definition) is 3. The van der Waals surface area contributed by atoms with Gasteiger partial charge in [-0.2, -0.15) is 0 Å². The van der Waals surface area contributed by atoms with Crippen molar-refractivity contribution in [3.63, 3.8) is 0 Å². The van der Waals surface area contributed by atoms with Crippen molar-refractivity contribution >= 4 is 60.9 Å². The quantitative estimate of drug-likeness (QED) is 0.145. The van der Waals surface area contributed by atoms with Crippen LogP contribution in [-0.4, -0.2) is 0 Å². The predicted octanol–water partition coefficient (Wildman–Crippen LogP) is 19.0. The van der Waals surface area contributed by atoms with Crippen LogP contribution in [0.4, 0.5) is 17.1 Å².